The van der Waals surface area contributed by atoms with Crippen LogP contribution in [0.15, 0.2) is 54.6 Å². The lowest BCUT2D eigenvalue weighted by Crippen LogP contribution is -2.16. The number of methoxy groups -OCH3 is 1. The first-order chi connectivity index (χ1) is 12.2. The average molecular weight is 333 g/mol. The van der Waals surface area contributed by atoms with E-state index in [0.29, 0.717) is 5.56 Å². The highest BCUT2D eigenvalue weighted by Crippen LogP contribution is 2.31. The third-order valence-corrected chi connectivity index (χ3v) is 4.54. The highest BCUT2D eigenvalue weighted by molar-refractivity contribution is 5.89. The van der Waals surface area contributed by atoms with E-state index in [9.17, 15) is 4.79 Å². The summed E-state index contributed by atoms with van der Waals surface area (Å²) in [4.78, 5) is 14.0. The van der Waals surface area contributed by atoms with Crippen LogP contribution in [0.5, 0.6) is 0 Å². The summed E-state index contributed by atoms with van der Waals surface area (Å²) >= 11 is 0. The molecule has 5 nitrogen and oxygen atoms in total. The van der Waals surface area contributed by atoms with Gasteiger partial charge >= 0.3 is 5.97 Å². The molecule has 0 radical (unpaired) electrons. The van der Waals surface area contributed by atoms with Gasteiger partial charge in [0.05, 0.1) is 24.1 Å². The molecule has 1 aliphatic rings. The number of H-pyrrole nitrogens is 1. The van der Waals surface area contributed by atoms with Crippen LogP contribution >= 0.6 is 0 Å². The van der Waals surface area contributed by atoms with E-state index in [2.05, 4.69) is 39.4 Å². The molecular formula is C20H19N3O2. The van der Waals surface area contributed by atoms with Crippen molar-refractivity contribution < 1.29 is 9.53 Å². The first kappa shape index (κ1) is 15.6. The molecule has 0 saturated carbocycles. The zero-order valence-corrected chi connectivity index (χ0v) is 14.0. The van der Waals surface area contributed by atoms with Crippen molar-refractivity contribution in [2.45, 2.75) is 19.6 Å². The third kappa shape index (κ3) is 3.06. The summed E-state index contributed by atoms with van der Waals surface area (Å²) in [6.07, 6.45) is 0. The number of carbonyl (C=O) groups is 1. The van der Waals surface area contributed by atoms with E-state index >= 15 is 0 Å². The van der Waals surface area contributed by atoms with E-state index in [1.807, 2.05) is 18.2 Å². The van der Waals surface area contributed by atoms with Crippen LogP contribution in [0.25, 0.3) is 11.3 Å². The van der Waals surface area contributed by atoms with Crippen LogP contribution in [0.2, 0.25) is 0 Å². The van der Waals surface area contributed by atoms with E-state index in [0.717, 1.165) is 30.9 Å². The molecule has 1 aromatic heterocycles. The zero-order chi connectivity index (χ0) is 17.2. The largest absolute Gasteiger partial charge is 0.465 e. The second-order valence-electron chi connectivity index (χ2n) is 6.23. The van der Waals surface area contributed by atoms with Gasteiger partial charge in [-0.15, -0.1) is 0 Å². The summed E-state index contributed by atoms with van der Waals surface area (Å²) in [6, 6.07) is 17.9. The molecule has 1 N–H and O–H groups in total. The van der Waals surface area contributed by atoms with Gasteiger partial charge in [0.25, 0.3) is 0 Å². The number of aromatic nitrogens is 2. The van der Waals surface area contributed by atoms with Gasteiger partial charge in [-0.05, 0) is 17.7 Å². The molecule has 0 fully saturated rings. The molecule has 0 saturated heterocycles. The first-order valence-corrected chi connectivity index (χ1v) is 8.26. The molecule has 126 valence electrons. The van der Waals surface area contributed by atoms with Crippen LogP contribution in [0.3, 0.4) is 0 Å². The number of benzene rings is 2. The fraction of sp³-hybridized carbons (Fsp3) is 0.200. The Labute approximate surface area is 146 Å². The molecule has 25 heavy (non-hydrogen) atoms. The smallest absolute Gasteiger partial charge is 0.337 e. The van der Waals surface area contributed by atoms with E-state index in [-0.39, 0.29) is 5.97 Å². The zero-order valence-electron chi connectivity index (χ0n) is 14.0. The molecular weight excluding hydrogens is 314 g/mol. The quantitative estimate of drug-likeness (QED) is 0.744. The number of nitrogens with one attached hydrogen (secondary N) is 1. The topological polar surface area (TPSA) is 58.2 Å². The number of esters is 1. The minimum absolute atomic E-state index is 0.326. The summed E-state index contributed by atoms with van der Waals surface area (Å²) in [5.41, 5.74) is 6.23. The van der Waals surface area contributed by atoms with Crippen LogP contribution in [-0.4, -0.2) is 28.2 Å². The van der Waals surface area contributed by atoms with Crippen molar-refractivity contribution in [3.8, 4) is 11.3 Å². The molecule has 0 bridgehead atoms. The van der Waals surface area contributed by atoms with Crippen LogP contribution in [0.1, 0.15) is 27.2 Å². The third-order valence-electron chi connectivity index (χ3n) is 4.54. The van der Waals surface area contributed by atoms with Crippen molar-refractivity contribution >= 4 is 5.97 Å². The maximum atomic E-state index is 11.6. The number of aromatic amines is 1. The summed E-state index contributed by atoms with van der Waals surface area (Å²) in [5.74, 6) is -0.326. The second-order valence-corrected chi connectivity index (χ2v) is 6.23. The van der Waals surface area contributed by atoms with Crippen LogP contribution in [-0.2, 0) is 24.4 Å². The lowest BCUT2D eigenvalue weighted by molar-refractivity contribution is 0.0601. The van der Waals surface area contributed by atoms with Crippen LogP contribution in [0.4, 0.5) is 0 Å². The molecule has 4 rings (SSSR count). The number of hydrogen-bond acceptors (Lipinski definition) is 4. The minimum Gasteiger partial charge on any atom is -0.465 e. The average Bonchev–Trinajstić information content (AvgIpc) is 3.22. The predicted octanol–water partition coefficient (Wildman–Crippen LogP) is 3.38. The van der Waals surface area contributed by atoms with Gasteiger partial charge < -0.3 is 4.74 Å². The fourth-order valence-corrected chi connectivity index (χ4v) is 3.28. The SMILES string of the molecule is COC(=O)c1ccc(-c2n[nH]c3c2CN(Cc2ccccc2)C3)cc1. The number of nitrogens with zero attached hydrogens (tertiary/aromatic N) is 2. The Bertz CT molecular complexity index is 885. The molecule has 3 aromatic rings. The first-order valence-electron chi connectivity index (χ1n) is 8.26. The second kappa shape index (κ2) is 6.53. The number of hydrogen-bond donors (Lipinski definition) is 1. The van der Waals surface area contributed by atoms with E-state index in [4.69, 9.17) is 4.74 Å². The molecule has 5 heteroatoms. The maximum Gasteiger partial charge on any atom is 0.337 e. The van der Waals surface area contributed by atoms with Crippen molar-refractivity contribution in [2.24, 2.45) is 0 Å². The van der Waals surface area contributed by atoms with Gasteiger partial charge in [0.1, 0.15) is 0 Å². The van der Waals surface area contributed by atoms with Crippen molar-refractivity contribution in [3.63, 3.8) is 0 Å². The number of carbonyl (C=O) groups excluding carboxylic acids is 1. The normalized spacial score (nSPS) is 13.6. The van der Waals surface area contributed by atoms with Crippen molar-refractivity contribution in [3.05, 3.63) is 77.0 Å². The van der Waals surface area contributed by atoms with E-state index in [1.165, 1.54) is 23.9 Å². The van der Waals surface area contributed by atoms with Crippen molar-refractivity contribution in [2.75, 3.05) is 7.11 Å². The van der Waals surface area contributed by atoms with Crippen molar-refractivity contribution in [1.29, 1.82) is 0 Å². The van der Waals surface area contributed by atoms with E-state index in [1.54, 1.807) is 12.1 Å². The molecule has 1 aliphatic heterocycles. The molecule has 0 unspecified atom stereocenters. The highest BCUT2D eigenvalue weighted by atomic mass is 16.5. The van der Waals surface area contributed by atoms with Gasteiger partial charge in [-0.3, -0.25) is 10.00 Å². The monoisotopic (exact) mass is 333 g/mol. The Hall–Kier alpha value is -2.92. The Morgan fingerprint density at radius 1 is 1.12 bits per heavy atom. The minimum atomic E-state index is -0.326. The Morgan fingerprint density at radius 2 is 1.88 bits per heavy atom. The van der Waals surface area contributed by atoms with E-state index < -0.39 is 0 Å². The van der Waals surface area contributed by atoms with Crippen molar-refractivity contribution in [1.82, 2.24) is 15.1 Å². The van der Waals surface area contributed by atoms with Gasteiger partial charge in [0, 0.05) is 30.8 Å². The summed E-state index contributed by atoms with van der Waals surface area (Å²) in [7, 11) is 1.39. The Morgan fingerprint density at radius 3 is 2.60 bits per heavy atom. The molecule has 2 heterocycles. The van der Waals surface area contributed by atoms with Crippen LogP contribution in [0, 0.1) is 0 Å². The molecule has 2 aromatic carbocycles. The number of ether oxygens (including phenoxy) is 1. The lowest BCUT2D eigenvalue weighted by atomic mass is 10.1. The predicted molar refractivity (Wildman–Crippen MR) is 94.8 cm³/mol. The summed E-state index contributed by atoms with van der Waals surface area (Å²) in [6.45, 7) is 2.66. The summed E-state index contributed by atoms with van der Waals surface area (Å²) in [5, 5.41) is 7.64. The van der Waals surface area contributed by atoms with Gasteiger partial charge in [0.15, 0.2) is 0 Å². The van der Waals surface area contributed by atoms with Gasteiger partial charge in [-0.2, -0.15) is 5.10 Å². The highest BCUT2D eigenvalue weighted by Gasteiger charge is 2.25. The molecule has 0 aliphatic carbocycles. The Balaban J connectivity index is 1.53. The number of fused-ring (bicyclic) bond motifs is 1. The molecule has 0 amide bonds. The van der Waals surface area contributed by atoms with Gasteiger partial charge in [0.2, 0.25) is 0 Å². The standard InChI is InChI=1S/C20H19N3O2/c1-25-20(24)16-9-7-15(8-10-16)19-17-12-23(13-18(17)21-22-19)11-14-5-3-2-4-6-14/h2-10H,11-13H2,1H3,(H,21,22). The fourth-order valence-electron chi connectivity index (χ4n) is 3.28. The maximum absolute atomic E-state index is 11.6. The Kier molecular flexibility index (Phi) is 4.07. The van der Waals surface area contributed by atoms with Crippen LogP contribution < -0.4 is 0 Å². The molecule has 0 spiro atoms. The lowest BCUT2D eigenvalue weighted by Gasteiger charge is -2.15. The summed E-state index contributed by atoms with van der Waals surface area (Å²) < 4.78 is 4.74. The van der Waals surface area contributed by atoms with Gasteiger partial charge in [-0.25, -0.2) is 4.79 Å². The number of rotatable bonds is 4. The van der Waals surface area contributed by atoms with Gasteiger partial charge in [-0.1, -0.05) is 42.5 Å². The molecule has 0 atom stereocenters.